The van der Waals surface area contributed by atoms with Crippen molar-refractivity contribution in [2.45, 2.75) is 56.8 Å². The van der Waals surface area contributed by atoms with Gasteiger partial charge in [-0.15, -0.1) is 0 Å². The van der Waals surface area contributed by atoms with E-state index >= 15 is 0 Å². The molecule has 2 fully saturated rings. The minimum absolute atomic E-state index is 0.0600. The number of ketones is 2. The number of benzene rings is 3. The van der Waals surface area contributed by atoms with E-state index in [-0.39, 0.29) is 17.5 Å². The number of carbonyl (C=O) groups is 2. The van der Waals surface area contributed by atoms with Gasteiger partial charge in [-0.25, -0.2) is 0 Å². The molecule has 236 valence electrons. The first-order valence-electron chi connectivity index (χ1n) is 16.9. The lowest BCUT2D eigenvalue weighted by atomic mass is 9.56. The van der Waals surface area contributed by atoms with Gasteiger partial charge in [0.1, 0.15) is 5.78 Å². The van der Waals surface area contributed by atoms with Gasteiger partial charge in [-0.2, -0.15) is 0 Å². The highest BCUT2D eigenvalue weighted by atomic mass is 16.1. The van der Waals surface area contributed by atoms with Crippen LogP contribution in [0.4, 0.5) is 0 Å². The van der Waals surface area contributed by atoms with Gasteiger partial charge in [0.15, 0.2) is 5.78 Å². The summed E-state index contributed by atoms with van der Waals surface area (Å²) < 4.78 is 0. The Kier molecular flexibility index (Phi) is 8.40. The number of allylic oxidation sites excluding steroid dienone is 5. The van der Waals surface area contributed by atoms with E-state index in [1.165, 1.54) is 6.21 Å². The molecule has 0 amide bonds. The lowest BCUT2D eigenvalue weighted by Crippen LogP contribution is -2.52. The largest absolute Gasteiger partial charge is 0.312 e. The molecule has 2 saturated carbocycles. The second-order valence-electron chi connectivity index (χ2n) is 13.8. The number of rotatable bonds is 9. The third-order valence-corrected chi connectivity index (χ3v) is 10.8. The third-order valence-electron chi connectivity index (χ3n) is 10.8. The Bertz CT molecular complexity index is 1850. The number of aliphatic imine (C=N–C) groups is 1. The zero-order valence-electron chi connectivity index (χ0n) is 26.8. The smallest absolute Gasteiger partial charge is 0.166 e. The molecule has 1 heterocycles. The maximum Gasteiger partial charge on any atom is 0.166 e. The molecule has 0 bridgehead atoms. The molecule has 47 heavy (non-hydrogen) atoms. The monoisotopic (exact) mass is 619 g/mol. The summed E-state index contributed by atoms with van der Waals surface area (Å²) in [5.74, 6) is -0.562. The molecule has 1 aliphatic heterocycles. The fourth-order valence-electron chi connectivity index (χ4n) is 8.16. The Labute approximate surface area is 277 Å². The molecule has 4 aliphatic rings. The van der Waals surface area contributed by atoms with Crippen molar-refractivity contribution in [3.05, 3.63) is 131 Å². The molecular formula is C42H41N3O2. The van der Waals surface area contributed by atoms with E-state index in [1.54, 1.807) is 6.21 Å². The molecule has 3 aromatic carbocycles. The molecule has 3 aliphatic carbocycles. The third kappa shape index (κ3) is 5.95. The van der Waals surface area contributed by atoms with E-state index in [2.05, 4.69) is 23.7 Å². The minimum Gasteiger partial charge on any atom is -0.312 e. The molecule has 0 saturated heterocycles. The van der Waals surface area contributed by atoms with Crippen molar-refractivity contribution in [3.8, 4) is 11.1 Å². The van der Waals surface area contributed by atoms with Crippen molar-refractivity contribution in [1.29, 1.82) is 10.8 Å². The van der Waals surface area contributed by atoms with Crippen LogP contribution in [0.1, 0.15) is 66.4 Å². The first kappa shape index (κ1) is 30.9. The van der Waals surface area contributed by atoms with E-state index in [1.807, 2.05) is 78.9 Å². The molecule has 7 rings (SSSR count). The van der Waals surface area contributed by atoms with Gasteiger partial charge in [0.05, 0.1) is 5.92 Å². The second kappa shape index (κ2) is 12.8. The van der Waals surface area contributed by atoms with Crippen LogP contribution in [-0.2, 0) is 16.6 Å². The number of hydrogen-bond acceptors (Lipinski definition) is 5. The van der Waals surface area contributed by atoms with E-state index in [0.717, 1.165) is 71.2 Å². The summed E-state index contributed by atoms with van der Waals surface area (Å²) in [6, 6.07) is 26.1. The highest BCUT2D eigenvalue weighted by Crippen LogP contribution is 2.51. The van der Waals surface area contributed by atoms with Gasteiger partial charge < -0.3 is 10.8 Å². The number of hydrogen-bond donors (Lipinski definition) is 2. The van der Waals surface area contributed by atoms with Gasteiger partial charge in [-0.05, 0) is 83.6 Å². The van der Waals surface area contributed by atoms with Gasteiger partial charge >= 0.3 is 0 Å². The summed E-state index contributed by atoms with van der Waals surface area (Å²) >= 11 is 0. The summed E-state index contributed by atoms with van der Waals surface area (Å²) in [5.41, 5.74) is 7.21. The van der Waals surface area contributed by atoms with Gasteiger partial charge in [0, 0.05) is 53.1 Å². The lowest BCUT2D eigenvalue weighted by Gasteiger charge is -2.45. The summed E-state index contributed by atoms with van der Waals surface area (Å²) in [4.78, 5) is 33.1. The van der Waals surface area contributed by atoms with Crippen LogP contribution >= 0.6 is 0 Å². The molecule has 4 atom stereocenters. The number of Topliss-reactive ketones (excluding diaryl/α,β-unsaturated/α-hetero) is 2. The Morgan fingerprint density at radius 3 is 2.47 bits per heavy atom. The van der Waals surface area contributed by atoms with Crippen molar-refractivity contribution < 1.29 is 9.59 Å². The summed E-state index contributed by atoms with van der Waals surface area (Å²) in [7, 11) is 0. The van der Waals surface area contributed by atoms with E-state index < -0.39 is 17.3 Å². The minimum atomic E-state index is -0.621. The molecule has 5 heteroatoms. The first-order valence-corrected chi connectivity index (χ1v) is 16.9. The van der Waals surface area contributed by atoms with Crippen LogP contribution in [0.25, 0.3) is 11.1 Å². The van der Waals surface area contributed by atoms with Gasteiger partial charge in [0.2, 0.25) is 0 Å². The molecule has 0 radical (unpaired) electrons. The van der Waals surface area contributed by atoms with Crippen LogP contribution in [-0.4, -0.2) is 29.7 Å². The van der Waals surface area contributed by atoms with Gasteiger partial charge in [-0.3, -0.25) is 14.6 Å². The van der Waals surface area contributed by atoms with Crippen molar-refractivity contribution >= 4 is 29.7 Å². The average Bonchev–Trinajstić information content (AvgIpc) is 3.94. The van der Waals surface area contributed by atoms with Gasteiger partial charge in [0.25, 0.3) is 0 Å². The maximum atomic E-state index is 14.4. The van der Waals surface area contributed by atoms with Crippen molar-refractivity contribution in [2.75, 3.05) is 0 Å². The quantitative estimate of drug-likeness (QED) is 0.185. The molecule has 5 nitrogen and oxygen atoms in total. The number of nitrogens with one attached hydrogen (secondary N) is 2. The van der Waals surface area contributed by atoms with Crippen LogP contribution < -0.4 is 0 Å². The van der Waals surface area contributed by atoms with Crippen molar-refractivity contribution in [3.63, 3.8) is 0 Å². The number of carbonyl (C=O) groups excluding carboxylic acids is 2. The Balaban J connectivity index is 1.21. The predicted molar refractivity (Wildman–Crippen MR) is 190 cm³/mol. The van der Waals surface area contributed by atoms with E-state index in [4.69, 9.17) is 5.41 Å². The van der Waals surface area contributed by atoms with E-state index in [9.17, 15) is 15.0 Å². The predicted octanol–water partition coefficient (Wildman–Crippen LogP) is 8.94. The summed E-state index contributed by atoms with van der Waals surface area (Å²) in [5, 5.41) is 17.9. The maximum absolute atomic E-state index is 14.4. The van der Waals surface area contributed by atoms with Crippen molar-refractivity contribution in [2.24, 2.45) is 28.7 Å². The topological polar surface area (TPSA) is 94.2 Å². The van der Waals surface area contributed by atoms with Crippen molar-refractivity contribution in [1.82, 2.24) is 0 Å². The highest BCUT2D eigenvalue weighted by Gasteiger charge is 2.52. The Morgan fingerprint density at radius 1 is 1.00 bits per heavy atom. The fourth-order valence-corrected chi connectivity index (χ4v) is 8.16. The summed E-state index contributed by atoms with van der Waals surface area (Å²) in [6.07, 6.45) is 12.9. The zero-order chi connectivity index (χ0) is 32.5. The van der Waals surface area contributed by atoms with E-state index in [0.29, 0.717) is 36.5 Å². The normalized spacial score (nSPS) is 25.8. The van der Waals surface area contributed by atoms with Crippen LogP contribution in [0.2, 0.25) is 0 Å². The molecule has 3 unspecified atom stereocenters. The Hall–Kier alpha value is -4.77. The molecule has 3 aromatic rings. The van der Waals surface area contributed by atoms with Gasteiger partial charge in [-0.1, -0.05) is 98.3 Å². The average molecular weight is 620 g/mol. The van der Waals surface area contributed by atoms with Crippen LogP contribution in [0.15, 0.2) is 119 Å². The number of nitrogens with zero attached hydrogens (tertiary/aromatic N) is 1. The second-order valence-corrected chi connectivity index (χ2v) is 13.8. The SMILES string of the molecule is C=C1C=CC=NC2=C1CC(C(=O)c1cc(CC3C(=N)C(C=N)[C@](CC4CC4)(c4ccccc4)CC3=O)ccc1-c1ccccc1)CC2. The molecule has 2 N–H and O–H groups in total. The first-order chi connectivity index (χ1) is 22.9. The standard InChI is InChI=1S/C42H41N3O2/c1-27-9-8-20-45-38-19-17-31(23-34(27)38)41(47)35-21-29(16-18-33(35)30-10-4-2-5-11-30)22-36-39(46)25-42(24-28-14-15-28,37(26-43)40(36)44)32-12-6-3-7-13-32/h2-13,16,18,20-21,26,28,31,36-37,43-44H,1,14-15,17,19,22-25H2/t31?,36?,37?,42-/m0/s1. The van der Waals surface area contributed by atoms with Crippen LogP contribution in [0.3, 0.4) is 0 Å². The zero-order valence-corrected chi connectivity index (χ0v) is 26.8. The fraction of sp³-hybridized carbons (Fsp3) is 0.310. The molecule has 0 spiro atoms. The molecular weight excluding hydrogens is 578 g/mol. The highest BCUT2D eigenvalue weighted by molar-refractivity contribution is 6.14. The lowest BCUT2D eigenvalue weighted by molar-refractivity contribution is -0.123. The van der Waals surface area contributed by atoms with Crippen LogP contribution in [0.5, 0.6) is 0 Å². The van der Waals surface area contributed by atoms with Crippen LogP contribution in [0, 0.1) is 34.5 Å². The Morgan fingerprint density at radius 2 is 1.74 bits per heavy atom. The molecule has 0 aromatic heterocycles. The summed E-state index contributed by atoms with van der Waals surface area (Å²) in [6.45, 7) is 4.24.